The Bertz CT molecular complexity index is 313. The van der Waals surface area contributed by atoms with Crippen LogP contribution in [0.5, 0.6) is 0 Å². The van der Waals surface area contributed by atoms with Crippen molar-refractivity contribution in [3.8, 4) is 0 Å². The topological polar surface area (TPSA) is 39.7 Å². The fraction of sp³-hybridized carbons (Fsp3) is 1.00. The summed E-state index contributed by atoms with van der Waals surface area (Å²) in [6.45, 7) is 4.43. The highest BCUT2D eigenvalue weighted by molar-refractivity contribution is 6.60. The molecule has 6 heteroatoms. The minimum absolute atomic E-state index is 0. The van der Waals surface area contributed by atoms with E-state index < -0.39 is 8.80 Å². The SMILES string of the molecule is CCCCCCCCCCCCCCCCCCNCCC[Si](OC)(OC)OC.Cl. The van der Waals surface area contributed by atoms with Crippen molar-refractivity contribution in [2.75, 3.05) is 34.4 Å². The number of unbranched alkanes of at least 4 members (excludes halogenated alkanes) is 15. The normalized spacial score (nSPS) is 11.6. The Morgan fingerprint density at radius 2 is 0.833 bits per heavy atom. The van der Waals surface area contributed by atoms with E-state index in [2.05, 4.69) is 12.2 Å². The van der Waals surface area contributed by atoms with E-state index >= 15 is 0 Å². The van der Waals surface area contributed by atoms with Crippen LogP contribution in [-0.2, 0) is 13.3 Å². The van der Waals surface area contributed by atoms with Crippen LogP contribution in [0, 0.1) is 0 Å². The summed E-state index contributed by atoms with van der Waals surface area (Å²) in [4.78, 5) is 0. The van der Waals surface area contributed by atoms with Crippen molar-refractivity contribution in [1.29, 1.82) is 0 Å². The second kappa shape index (κ2) is 25.6. The molecule has 0 aromatic heterocycles. The standard InChI is InChI=1S/C24H53NO3Si.ClH/c1-5-6-7-8-9-10-11-12-13-14-15-16-17-18-19-20-22-25-23-21-24-29(26-2,27-3)28-4;/h25H,5-24H2,1-4H3;1H. The third-order valence-electron chi connectivity index (χ3n) is 5.98. The van der Waals surface area contributed by atoms with Gasteiger partial charge in [-0.15, -0.1) is 12.4 Å². The van der Waals surface area contributed by atoms with Crippen LogP contribution < -0.4 is 5.32 Å². The molecule has 0 unspecified atom stereocenters. The molecule has 4 nitrogen and oxygen atoms in total. The summed E-state index contributed by atoms with van der Waals surface area (Å²) < 4.78 is 16.3. The zero-order chi connectivity index (χ0) is 21.5. The molecule has 1 N–H and O–H groups in total. The smallest absolute Gasteiger partial charge is 0.377 e. The monoisotopic (exact) mass is 467 g/mol. The average molecular weight is 468 g/mol. The van der Waals surface area contributed by atoms with Crippen LogP contribution in [0.3, 0.4) is 0 Å². The number of hydrogen-bond acceptors (Lipinski definition) is 4. The van der Waals surface area contributed by atoms with Gasteiger partial charge in [0, 0.05) is 27.4 Å². The van der Waals surface area contributed by atoms with E-state index in [0.717, 1.165) is 25.6 Å². The quantitative estimate of drug-likeness (QED) is 0.117. The van der Waals surface area contributed by atoms with Gasteiger partial charge in [-0.1, -0.05) is 103 Å². The molecule has 0 bridgehead atoms. The van der Waals surface area contributed by atoms with Crippen molar-refractivity contribution in [2.24, 2.45) is 0 Å². The van der Waals surface area contributed by atoms with Gasteiger partial charge < -0.3 is 18.6 Å². The summed E-state index contributed by atoms with van der Waals surface area (Å²) >= 11 is 0. The van der Waals surface area contributed by atoms with E-state index in [0.29, 0.717) is 0 Å². The van der Waals surface area contributed by atoms with Gasteiger partial charge in [0.15, 0.2) is 0 Å². The van der Waals surface area contributed by atoms with E-state index in [1.54, 1.807) is 21.3 Å². The molecule has 30 heavy (non-hydrogen) atoms. The second-order valence-electron chi connectivity index (χ2n) is 8.45. The Hall–Kier alpha value is 0.347. The second-order valence-corrected chi connectivity index (χ2v) is 11.5. The van der Waals surface area contributed by atoms with E-state index in [1.807, 2.05) is 0 Å². The molecule has 0 saturated carbocycles. The summed E-state index contributed by atoms with van der Waals surface area (Å²) in [5.74, 6) is 0. The summed E-state index contributed by atoms with van der Waals surface area (Å²) in [6.07, 6.45) is 23.8. The molecule has 0 aliphatic heterocycles. The largest absolute Gasteiger partial charge is 0.500 e. The van der Waals surface area contributed by atoms with Gasteiger partial charge in [0.1, 0.15) is 0 Å². The molecule has 0 fully saturated rings. The first-order chi connectivity index (χ1) is 14.2. The lowest BCUT2D eigenvalue weighted by molar-refractivity contribution is 0.123. The average Bonchev–Trinajstić information content (AvgIpc) is 2.75. The molecule has 0 aromatic rings. The van der Waals surface area contributed by atoms with Gasteiger partial charge in [-0.3, -0.25) is 0 Å². The Balaban J connectivity index is 0. The molecule has 0 atom stereocenters. The van der Waals surface area contributed by atoms with Gasteiger partial charge >= 0.3 is 8.80 Å². The zero-order valence-corrected chi connectivity index (χ0v) is 22.6. The van der Waals surface area contributed by atoms with E-state index in [4.69, 9.17) is 13.3 Å². The molecule has 0 aliphatic carbocycles. The molecule has 0 rings (SSSR count). The predicted molar refractivity (Wildman–Crippen MR) is 136 cm³/mol. The van der Waals surface area contributed by atoms with Crippen LogP contribution in [0.1, 0.15) is 116 Å². The molecule has 0 spiro atoms. The van der Waals surface area contributed by atoms with Gasteiger partial charge in [-0.25, -0.2) is 0 Å². The lowest BCUT2D eigenvalue weighted by atomic mass is 10.0. The van der Waals surface area contributed by atoms with Crippen molar-refractivity contribution >= 4 is 21.2 Å². The maximum absolute atomic E-state index is 5.44. The highest BCUT2D eigenvalue weighted by Gasteiger charge is 2.36. The van der Waals surface area contributed by atoms with E-state index in [9.17, 15) is 0 Å². The first kappa shape index (κ1) is 32.5. The molecular formula is C24H54ClNO3Si. The van der Waals surface area contributed by atoms with Gasteiger partial charge in [0.2, 0.25) is 0 Å². The third kappa shape index (κ3) is 20.3. The molecule has 0 amide bonds. The van der Waals surface area contributed by atoms with Gasteiger partial charge in [0.05, 0.1) is 0 Å². The first-order valence-electron chi connectivity index (χ1n) is 12.6. The predicted octanol–water partition coefficient (Wildman–Crippen LogP) is 7.53. The minimum Gasteiger partial charge on any atom is -0.377 e. The molecule has 0 saturated heterocycles. The molecule has 184 valence electrons. The summed E-state index contributed by atoms with van der Waals surface area (Å²) in [7, 11) is 2.68. The number of rotatable bonds is 24. The van der Waals surface area contributed by atoms with Crippen molar-refractivity contribution in [3.63, 3.8) is 0 Å². The van der Waals surface area contributed by atoms with Gasteiger partial charge in [-0.05, 0) is 25.9 Å². The fourth-order valence-corrected chi connectivity index (χ4v) is 5.63. The lowest BCUT2D eigenvalue weighted by Gasteiger charge is -2.24. The van der Waals surface area contributed by atoms with E-state index in [-0.39, 0.29) is 12.4 Å². The van der Waals surface area contributed by atoms with Crippen molar-refractivity contribution in [2.45, 2.75) is 122 Å². The van der Waals surface area contributed by atoms with Crippen LogP contribution in [-0.4, -0.2) is 43.2 Å². The maximum atomic E-state index is 5.44. The molecule has 0 heterocycles. The molecular weight excluding hydrogens is 414 g/mol. The lowest BCUT2D eigenvalue weighted by Crippen LogP contribution is -2.43. The first-order valence-corrected chi connectivity index (χ1v) is 14.5. The van der Waals surface area contributed by atoms with Crippen LogP contribution in [0.15, 0.2) is 0 Å². The number of nitrogens with one attached hydrogen (secondary N) is 1. The van der Waals surface area contributed by atoms with Gasteiger partial charge in [-0.2, -0.15) is 0 Å². The molecule has 0 aromatic carbocycles. The third-order valence-corrected chi connectivity index (χ3v) is 8.81. The summed E-state index contributed by atoms with van der Waals surface area (Å²) in [5.41, 5.74) is 0. The molecule has 0 radical (unpaired) electrons. The minimum atomic E-state index is -2.37. The van der Waals surface area contributed by atoms with Crippen molar-refractivity contribution in [1.82, 2.24) is 5.32 Å². The maximum Gasteiger partial charge on any atom is 0.500 e. The van der Waals surface area contributed by atoms with Crippen LogP contribution in [0.2, 0.25) is 6.04 Å². The molecule has 0 aliphatic rings. The Morgan fingerprint density at radius 1 is 0.500 bits per heavy atom. The van der Waals surface area contributed by atoms with Crippen LogP contribution >= 0.6 is 12.4 Å². The fourth-order valence-electron chi connectivity index (χ4n) is 3.91. The summed E-state index contributed by atoms with van der Waals surface area (Å²) in [5, 5.41) is 3.54. The Morgan fingerprint density at radius 3 is 1.20 bits per heavy atom. The number of halogens is 1. The summed E-state index contributed by atoms with van der Waals surface area (Å²) in [6, 6.07) is 0.877. The van der Waals surface area contributed by atoms with Crippen molar-refractivity contribution in [3.05, 3.63) is 0 Å². The number of hydrogen-bond donors (Lipinski definition) is 1. The van der Waals surface area contributed by atoms with Crippen LogP contribution in [0.4, 0.5) is 0 Å². The zero-order valence-electron chi connectivity index (χ0n) is 20.8. The van der Waals surface area contributed by atoms with E-state index in [1.165, 1.54) is 103 Å². The Kier molecular flexibility index (Phi) is 27.8. The van der Waals surface area contributed by atoms with Crippen molar-refractivity contribution < 1.29 is 13.3 Å². The van der Waals surface area contributed by atoms with Gasteiger partial charge in [0.25, 0.3) is 0 Å². The Labute approximate surface area is 196 Å². The van der Waals surface area contributed by atoms with Crippen LogP contribution in [0.25, 0.3) is 0 Å². The highest BCUT2D eigenvalue weighted by atomic mass is 35.5. The highest BCUT2D eigenvalue weighted by Crippen LogP contribution is 2.15.